The predicted molar refractivity (Wildman–Crippen MR) is 29.7 cm³/mol. The van der Waals surface area contributed by atoms with Crippen LogP contribution in [0.25, 0.3) is 0 Å². The van der Waals surface area contributed by atoms with E-state index in [0.29, 0.717) is 0 Å². The fraction of sp³-hybridized carbons (Fsp3) is 1.00. The maximum Gasteiger partial charge on any atom is 0.398 e. The van der Waals surface area contributed by atoms with E-state index in [-0.39, 0.29) is 6.54 Å². The van der Waals surface area contributed by atoms with Gasteiger partial charge in [0.25, 0.3) is 0 Å². The van der Waals surface area contributed by atoms with Crippen LogP contribution < -0.4 is 11.5 Å². The molecule has 9 heavy (non-hydrogen) atoms. The molecule has 0 spiro atoms. The highest BCUT2D eigenvalue weighted by Gasteiger charge is 2.09. The Hall–Kier alpha value is -0.210. The first-order valence-electron chi connectivity index (χ1n) is 2.07. The average molecular weight is 156 g/mol. The fourth-order valence-electron chi connectivity index (χ4n) is 0.195. The molecule has 0 heterocycles. The Morgan fingerprint density at radius 1 is 1.67 bits per heavy atom. The Labute approximate surface area is 52.7 Å². The van der Waals surface area contributed by atoms with Crippen molar-refractivity contribution in [1.82, 2.24) is 0 Å². The largest absolute Gasteiger partial charge is 0.398 e. The van der Waals surface area contributed by atoms with Gasteiger partial charge in [0, 0.05) is 6.54 Å². The van der Waals surface area contributed by atoms with Gasteiger partial charge in [-0.2, -0.15) is 8.42 Å². The van der Waals surface area contributed by atoms with Crippen LogP contribution >= 0.6 is 0 Å². The van der Waals surface area contributed by atoms with E-state index in [0.717, 1.165) is 0 Å². The van der Waals surface area contributed by atoms with E-state index in [1.807, 2.05) is 0 Å². The Balaban J connectivity index is 3.75. The molecule has 0 aliphatic carbocycles. The van der Waals surface area contributed by atoms with Crippen LogP contribution in [0.2, 0.25) is 0 Å². The van der Waals surface area contributed by atoms with Gasteiger partial charge in [0.05, 0.1) is 0 Å². The molecular formula is C2H8N2O4S. The maximum atomic E-state index is 9.80. The Kier molecular flexibility index (Phi) is 3.01. The van der Waals surface area contributed by atoms with Gasteiger partial charge < -0.3 is 11.5 Å². The fourth-order valence-corrected chi connectivity index (χ4v) is 0.586. The van der Waals surface area contributed by atoms with Gasteiger partial charge >= 0.3 is 10.4 Å². The monoisotopic (exact) mass is 156 g/mol. The summed E-state index contributed by atoms with van der Waals surface area (Å²) in [6.45, 7) is -0.167. The molecule has 0 aromatic heterocycles. The van der Waals surface area contributed by atoms with E-state index in [4.69, 9.17) is 16.0 Å². The summed E-state index contributed by atoms with van der Waals surface area (Å²) in [6, 6.07) is 0. The lowest BCUT2D eigenvalue weighted by Gasteiger charge is -2.04. The number of nitrogens with two attached hydrogens (primary N) is 2. The molecule has 0 unspecified atom stereocenters. The molecular weight excluding hydrogens is 148 g/mol. The number of rotatable bonds is 3. The summed E-state index contributed by atoms with van der Waals surface area (Å²) >= 11 is 0. The molecule has 0 aliphatic heterocycles. The zero-order valence-electron chi connectivity index (χ0n) is 4.52. The molecule has 5 N–H and O–H groups in total. The molecule has 0 radical (unpaired) electrons. The first-order chi connectivity index (χ1) is 3.95. The first kappa shape index (κ1) is 8.79. The minimum atomic E-state index is -4.44. The molecule has 56 valence electrons. The highest BCUT2D eigenvalue weighted by atomic mass is 32.3. The SMILES string of the molecule is NC[C@@H](N)OS(=O)(=O)O. The summed E-state index contributed by atoms with van der Waals surface area (Å²) in [6.07, 6.45) is -1.17. The molecule has 0 aromatic carbocycles. The van der Waals surface area contributed by atoms with Crippen LogP contribution in [0.3, 0.4) is 0 Å². The van der Waals surface area contributed by atoms with E-state index in [9.17, 15) is 8.42 Å². The lowest BCUT2D eigenvalue weighted by atomic mass is 10.6. The van der Waals surface area contributed by atoms with Crippen LogP contribution in [-0.2, 0) is 14.6 Å². The second-order valence-corrected chi connectivity index (χ2v) is 2.35. The minimum absolute atomic E-state index is 0.167. The molecule has 7 heteroatoms. The van der Waals surface area contributed by atoms with E-state index in [2.05, 4.69) is 4.18 Å². The van der Waals surface area contributed by atoms with Gasteiger partial charge in [-0.3, -0.25) is 4.55 Å². The predicted octanol–water partition coefficient (Wildman–Crippen LogP) is -1.95. The maximum absolute atomic E-state index is 9.80. The zero-order valence-corrected chi connectivity index (χ0v) is 5.34. The van der Waals surface area contributed by atoms with Gasteiger partial charge in [-0.25, -0.2) is 4.18 Å². The van der Waals surface area contributed by atoms with Crippen molar-refractivity contribution in [2.45, 2.75) is 6.23 Å². The van der Waals surface area contributed by atoms with Crippen molar-refractivity contribution < 1.29 is 17.2 Å². The first-order valence-corrected chi connectivity index (χ1v) is 3.43. The third-order valence-electron chi connectivity index (χ3n) is 0.478. The van der Waals surface area contributed by atoms with Crippen LogP contribution in [0.4, 0.5) is 0 Å². The summed E-state index contributed by atoms with van der Waals surface area (Å²) < 4.78 is 31.3. The normalized spacial score (nSPS) is 15.4. The summed E-state index contributed by atoms with van der Waals surface area (Å²) in [5.74, 6) is 0. The molecule has 0 rings (SSSR count). The summed E-state index contributed by atoms with van der Waals surface area (Å²) in [5.41, 5.74) is 9.73. The molecule has 0 fully saturated rings. The standard InChI is InChI=1S/C2H8N2O4S/c3-1-2(4)8-9(5,6)7/h2H,1,3-4H2,(H,5,6,7)/t2-/m0/s1. The molecule has 0 aliphatic rings. The van der Waals surface area contributed by atoms with Crippen molar-refractivity contribution >= 4 is 10.4 Å². The molecule has 0 amide bonds. The Morgan fingerprint density at radius 2 is 2.11 bits per heavy atom. The molecule has 0 bridgehead atoms. The van der Waals surface area contributed by atoms with E-state index in [1.54, 1.807) is 0 Å². The topological polar surface area (TPSA) is 116 Å². The quantitative estimate of drug-likeness (QED) is 0.323. The van der Waals surface area contributed by atoms with E-state index in [1.165, 1.54) is 0 Å². The molecule has 6 nitrogen and oxygen atoms in total. The van der Waals surface area contributed by atoms with Crippen molar-refractivity contribution in [3.63, 3.8) is 0 Å². The van der Waals surface area contributed by atoms with Gasteiger partial charge in [0.15, 0.2) is 0 Å². The van der Waals surface area contributed by atoms with Gasteiger partial charge in [-0.15, -0.1) is 0 Å². The van der Waals surface area contributed by atoms with Gasteiger partial charge in [-0.1, -0.05) is 0 Å². The second kappa shape index (κ2) is 3.08. The third kappa shape index (κ3) is 5.66. The van der Waals surface area contributed by atoms with Crippen molar-refractivity contribution in [1.29, 1.82) is 0 Å². The van der Waals surface area contributed by atoms with Crippen molar-refractivity contribution in [2.24, 2.45) is 11.5 Å². The third-order valence-corrected chi connectivity index (χ3v) is 0.968. The highest BCUT2D eigenvalue weighted by molar-refractivity contribution is 7.80. The van der Waals surface area contributed by atoms with Crippen molar-refractivity contribution in [3.8, 4) is 0 Å². The average Bonchev–Trinajstić information content (AvgIpc) is 1.62. The molecule has 0 saturated carbocycles. The minimum Gasteiger partial charge on any atom is -0.327 e. The van der Waals surface area contributed by atoms with Crippen LogP contribution in [0, 0.1) is 0 Å². The van der Waals surface area contributed by atoms with Crippen LogP contribution in [0.1, 0.15) is 0 Å². The molecule has 0 saturated heterocycles. The van der Waals surface area contributed by atoms with Crippen LogP contribution in [0.15, 0.2) is 0 Å². The van der Waals surface area contributed by atoms with Crippen molar-refractivity contribution in [2.75, 3.05) is 6.54 Å². The van der Waals surface area contributed by atoms with Crippen LogP contribution in [-0.4, -0.2) is 25.7 Å². The molecule has 0 aromatic rings. The lowest BCUT2D eigenvalue weighted by Crippen LogP contribution is -2.34. The Bertz CT molecular complexity index is 163. The molecule has 1 atom stereocenters. The highest BCUT2D eigenvalue weighted by Crippen LogP contribution is 1.87. The lowest BCUT2D eigenvalue weighted by molar-refractivity contribution is 0.194. The van der Waals surface area contributed by atoms with E-state index >= 15 is 0 Å². The van der Waals surface area contributed by atoms with Gasteiger partial charge in [-0.05, 0) is 0 Å². The van der Waals surface area contributed by atoms with Crippen molar-refractivity contribution in [3.05, 3.63) is 0 Å². The van der Waals surface area contributed by atoms with Crippen LogP contribution in [0.5, 0.6) is 0 Å². The number of hydrogen-bond acceptors (Lipinski definition) is 5. The summed E-state index contributed by atoms with van der Waals surface area (Å²) in [5, 5.41) is 0. The second-order valence-electron chi connectivity index (χ2n) is 1.30. The Morgan fingerprint density at radius 3 is 2.22 bits per heavy atom. The van der Waals surface area contributed by atoms with Gasteiger partial charge in [0.1, 0.15) is 6.23 Å². The zero-order chi connectivity index (χ0) is 7.49. The summed E-state index contributed by atoms with van der Waals surface area (Å²) in [7, 11) is -4.44. The summed E-state index contributed by atoms with van der Waals surface area (Å²) in [4.78, 5) is 0. The smallest absolute Gasteiger partial charge is 0.327 e. The van der Waals surface area contributed by atoms with Gasteiger partial charge in [0.2, 0.25) is 0 Å². The van der Waals surface area contributed by atoms with E-state index < -0.39 is 16.6 Å². The number of hydrogen-bond donors (Lipinski definition) is 3.